The highest BCUT2D eigenvalue weighted by Gasteiger charge is 2.28. The first-order valence-electron chi connectivity index (χ1n) is 5.36. The van der Waals surface area contributed by atoms with Gasteiger partial charge in [0.2, 0.25) is 11.6 Å². The number of carbonyl (C=O) groups excluding carboxylic acids is 2. The van der Waals surface area contributed by atoms with Gasteiger partial charge in [0.25, 0.3) is 0 Å². The van der Waals surface area contributed by atoms with Crippen LogP contribution in [0.15, 0.2) is 6.07 Å². The van der Waals surface area contributed by atoms with Gasteiger partial charge >= 0.3 is 5.97 Å². The zero-order valence-corrected chi connectivity index (χ0v) is 10.6. The number of benzene rings is 1. The molecule has 0 aliphatic rings. The van der Waals surface area contributed by atoms with Gasteiger partial charge in [0.1, 0.15) is 0 Å². The van der Waals surface area contributed by atoms with Crippen LogP contribution in [0, 0.1) is 22.9 Å². The Morgan fingerprint density at radius 3 is 2.35 bits per heavy atom. The minimum absolute atomic E-state index is 0.0991. The molecule has 0 heterocycles. The molecule has 0 aliphatic heterocycles. The molecule has 5 nitrogen and oxygen atoms in total. The van der Waals surface area contributed by atoms with E-state index in [9.17, 15) is 22.8 Å². The van der Waals surface area contributed by atoms with Crippen LogP contribution >= 0.6 is 0 Å². The van der Waals surface area contributed by atoms with Crippen molar-refractivity contribution in [1.82, 2.24) is 0 Å². The number of hydrogen-bond acceptors (Lipinski definition) is 5. The number of ether oxygens (including phenoxy) is 2. The number of Topliss-reactive ketones (excluding diaryl/α,β-unsaturated/α-hetero) is 1. The summed E-state index contributed by atoms with van der Waals surface area (Å²) in [6.07, 6.45) is 0. The topological polar surface area (TPSA) is 76.5 Å². The smallest absolute Gasteiger partial charge is 0.360 e. The summed E-state index contributed by atoms with van der Waals surface area (Å²) in [7, 11) is 0.881. The first-order valence-corrected chi connectivity index (χ1v) is 5.36. The highest BCUT2D eigenvalue weighted by atomic mass is 19.2. The monoisotopic (exact) mass is 289 g/mol. The fourth-order valence-corrected chi connectivity index (χ4v) is 1.36. The van der Waals surface area contributed by atoms with Gasteiger partial charge in [-0.15, -0.1) is 0 Å². The summed E-state index contributed by atoms with van der Waals surface area (Å²) in [5.41, 5.74) is -2.18. The number of methoxy groups -OCH3 is 1. The average Bonchev–Trinajstić information content (AvgIpc) is 2.42. The number of esters is 1. The van der Waals surface area contributed by atoms with Crippen molar-refractivity contribution < 1.29 is 32.2 Å². The minimum Gasteiger partial charge on any atom is -0.491 e. The summed E-state index contributed by atoms with van der Waals surface area (Å²) in [6, 6.07) is 0.253. The van der Waals surface area contributed by atoms with Gasteiger partial charge in [-0.25, -0.2) is 13.6 Å². The summed E-state index contributed by atoms with van der Waals surface area (Å²) in [4.78, 5) is 22.9. The molecule has 108 valence electrons. The molecule has 0 aliphatic carbocycles. The molecule has 0 radical (unpaired) electrons. The van der Waals surface area contributed by atoms with Crippen LogP contribution in [0.2, 0.25) is 0 Å². The highest BCUT2D eigenvalue weighted by Crippen LogP contribution is 2.27. The van der Waals surface area contributed by atoms with E-state index in [0.717, 1.165) is 7.11 Å². The number of halogens is 3. The van der Waals surface area contributed by atoms with E-state index in [2.05, 4.69) is 9.47 Å². The molecule has 1 N–H and O–H groups in total. The van der Waals surface area contributed by atoms with Gasteiger partial charge < -0.3 is 9.47 Å². The van der Waals surface area contributed by atoms with E-state index in [1.165, 1.54) is 6.92 Å². The summed E-state index contributed by atoms with van der Waals surface area (Å²) in [5, 5.41) is 7.24. The van der Waals surface area contributed by atoms with E-state index < -0.39 is 46.2 Å². The summed E-state index contributed by atoms with van der Waals surface area (Å²) >= 11 is 0. The fraction of sp³-hybridized carbons (Fsp3) is 0.250. The van der Waals surface area contributed by atoms with Crippen molar-refractivity contribution in [3.05, 3.63) is 29.1 Å². The predicted octanol–water partition coefficient (Wildman–Crippen LogP) is 1.88. The van der Waals surface area contributed by atoms with E-state index in [-0.39, 0.29) is 12.7 Å². The molecule has 8 heteroatoms. The molecular weight excluding hydrogens is 279 g/mol. The van der Waals surface area contributed by atoms with Crippen molar-refractivity contribution >= 4 is 17.5 Å². The summed E-state index contributed by atoms with van der Waals surface area (Å²) < 4.78 is 48.9. The van der Waals surface area contributed by atoms with Crippen LogP contribution in [0.3, 0.4) is 0 Å². The van der Waals surface area contributed by atoms with Crippen molar-refractivity contribution in [2.24, 2.45) is 0 Å². The van der Waals surface area contributed by atoms with E-state index in [0.29, 0.717) is 0 Å². The van der Waals surface area contributed by atoms with Crippen molar-refractivity contribution in [1.29, 1.82) is 5.41 Å². The van der Waals surface area contributed by atoms with Gasteiger partial charge in [-0.05, 0) is 13.0 Å². The number of carbonyl (C=O) groups is 2. The lowest BCUT2D eigenvalue weighted by Crippen LogP contribution is -2.26. The second-order valence-electron chi connectivity index (χ2n) is 3.49. The van der Waals surface area contributed by atoms with E-state index in [4.69, 9.17) is 5.41 Å². The maximum Gasteiger partial charge on any atom is 0.360 e. The fourth-order valence-electron chi connectivity index (χ4n) is 1.36. The minimum atomic E-state index is -1.61. The molecule has 1 aromatic rings. The van der Waals surface area contributed by atoms with Crippen LogP contribution in [0.1, 0.15) is 17.3 Å². The molecule has 0 atom stereocenters. The van der Waals surface area contributed by atoms with E-state index >= 15 is 0 Å². The first kappa shape index (κ1) is 15.7. The van der Waals surface area contributed by atoms with E-state index in [1.54, 1.807) is 0 Å². The molecule has 1 aromatic carbocycles. The molecule has 0 aromatic heterocycles. The molecule has 0 amide bonds. The van der Waals surface area contributed by atoms with Crippen LogP contribution in [0.25, 0.3) is 0 Å². The third kappa shape index (κ3) is 2.79. The molecule has 0 saturated carbocycles. The van der Waals surface area contributed by atoms with Crippen molar-refractivity contribution in [2.75, 3.05) is 13.7 Å². The van der Waals surface area contributed by atoms with Crippen molar-refractivity contribution in [3.8, 4) is 5.75 Å². The lowest BCUT2D eigenvalue weighted by Gasteiger charge is -2.09. The third-order valence-corrected chi connectivity index (χ3v) is 2.27. The predicted molar refractivity (Wildman–Crippen MR) is 61.6 cm³/mol. The van der Waals surface area contributed by atoms with Gasteiger partial charge in [0.15, 0.2) is 23.1 Å². The Morgan fingerprint density at radius 2 is 1.85 bits per heavy atom. The standard InChI is InChI=1S/C12H10F3NO4/c1-3-20-12(18)9(16)10(17)5-4-6(13)8(15)11(19-2)7(5)14/h4,16H,3H2,1-2H3. The maximum atomic E-state index is 13.8. The molecule has 1 rings (SSSR count). The van der Waals surface area contributed by atoms with Gasteiger partial charge in [0.05, 0.1) is 19.3 Å². The number of nitrogens with one attached hydrogen (secondary N) is 1. The second kappa shape index (κ2) is 6.18. The zero-order valence-electron chi connectivity index (χ0n) is 10.6. The van der Waals surface area contributed by atoms with Crippen LogP contribution < -0.4 is 4.74 Å². The molecule has 0 spiro atoms. The Morgan fingerprint density at radius 1 is 1.25 bits per heavy atom. The van der Waals surface area contributed by atoms with Crippen LogP contribution in [0.4, 0.5) is 13.2 Å². The first-order chi connectivity index (χ1) is 9.34. The zero-order chi connectivity index (χ0) is 15.4. The highest BCUT2D eigenvalue weighted by molar-refractivity contribution is 6.66. The molecule has 0 saturated heterocycles. The Kier molecular flexibility index (Phi) is 4.84. The molecule has 0 fully saturated rings. The Labute approximate surface area is 111 Å². The normalized spacial score (nSPS) is 10.1. The lowest BCUT2D eigenvalue weighted by atomic mass is 10.1. The Balaban J connectivity index is 3.27. The molecular formula is C12H10F3NO4. The summed E-state index contributed by atoms with van der Waals surface area (Å²) in [5.74, 6) is -8.47. The van der Waals surface area contributed by atoms with E-state index in [1.807, 2.05) is 0 Å². The number of hydrogen-bond donors (Lipinski definition) is 1. The van der Waals surface area contributed by atoms with Gasteiger partial charge in [0, 0.05) is 0 Å². The summed E-state index contributed by atoms with van der Waals surface area (Å²) in [6.45, 7) is 1.34. The quantitative estimate of drug-likeness (QED) is 0.295. The Hall–Kier alpha value is -2.38. The van der Waals surface area contributed by atoms with Gasteiger partial charge in [-0.3, -0.25) is 10.2 Å². The Bertz CT molecular complexity index is 587. The number of ketones is 1. The lowest BCUT2D eigenvalue weighted by molar-refractivity contribution is -0.134. The van der Waals surface area contributed by atoms with Crippen LogP contribution in [-0.4, -0.2) is 31.2 Å². The number of rotatable bonds is 5. The average molecular weight is 289 g/mol. The second-order valence-corrected chi connectivity index (χ2v) is 3.49. The maximum absolute atomic E-state index is 13.8. The third-order valence-electron chi connectivity index (χ3n) is 2.27. The molecule has 20 heavy (non-hydrogen) atoms. The molecule has 0 bridgehead atoms. The van der Waals surface area contributed by atoms with Gasteiger partial charge in [-0.1, -0.05) is 0 Å². The van der Waals surface area contributed by atoms with Crippen LogP contribution in [-0.2, 0) is 9.53 Å². The SMILES string of the molecule is CCOC(=O)C(=N)C(=O)c1cc(F)c(F)c(OC)c1F. The molecule has 0 unspecified atom stereocenters. The van der Waals surface area contributed by atoms with Gasteiger partial charge in [-0.2, -0.15) is 4.39 Å². The van der Waals surface area contributed by atoms with Crippen molar-refractivity contribution in [2.45, 2.75) is 6.92 Å². The largest absolute Gasteiger partial charge is 0.491 e. The van der Waals surface area contributed by atoms with Crippen LogP contribution in [0.5, 0.6) is 5.75 Å². The van der Waals surface area contributed by atoms with Crippen molar-refractivity contribution in [3.63, 3.8) is 0 Å².